The van der Waals surface area contributed by atoms with Gasteiger partial charge in [0.2, 0.25) is 5.89 Å². The number of aromatic nitrogens is 1. The summed E-state index contributed by atoms with van der Waals surface area (Å²) in [5.74, 6) is 2.43. The molecule has 36 heavy (non-hydrogen) atoms. The van der Waals surface area contributed by atoms with E-state index in [2.05, 4.69) is 0 Å². The number of oxazole rings is 1. The van der Waals surface area contributed by atoms with Gasteiger partial charge in [0.05, 0.1) is 32.4 Å². The summed E-state index contributed by atoms with van der Waals surface area (Å²) in [6.45, 7) is 4.93. The van der Waals surface area contributed by atoms with E-state index in [1.807, 2.05) is 66.9 Å². The highest BCUT2D eigenvalue weighted by Gasteiger charge is 2.45. The molecule has 1 N–H and O–H groups in total. The number of piperidine rings is 1. The van der Waals surface area contributed by atoms with Gasteiger partial charge in [-0.05, 0) is 49.8 Å². The Morgan fingerprint density at radius 1 is 0.889 bits per heavy atom. The number of hydrogen-bond donors (Lipinski definition) is 1. The number of nitrogens with zero attached hydrogens (tertiary/aromatic N) is 2. The normalized spacial score (nSPS) is 20.0. The Labute approximate surface area is 215 Å². The molecule has 0 bridgehead atoms. The Hall–Kier alpha value is -2.63. The first-order valence-electron chi connectivity index (χ1n) is 13.9. The Bertz CT molecular complexity index is 1060. The number of likely N-dealkylation sites (tertiary alicyclic amines) is 1. The molecular formula is C31H41N2O3+. The lowest BCUT2D eigenvalue weighted by molar-refractivity contribution is -0.946. The minimum absolute atomic E-state index is 0.133. The topological polar surface area (TPSA) is 55.5 Å². The second-order valence-corrected chi connectivity index (χ2v) is 10.8. The standard InChI is InChI=1S/C31H41N2O3/c34-31(26-14-5-1-6-15-26,27-16-7-2-8-17-27)30-32-24-29(36-30)25-33(20-11-4-12-21-33)22-13-23-35-28-18-9-3-10-19-28/h1,3,5-6,9-10,14-15,18-19,24,27,34H,2,4,7-8,11-13,16-17,20-23,25H2/q+1/t31-/m1/s1. The first-order valence-corrected chi connectivity index (χ1v) is 13.9. The third-order valence-electron chi connectivity index (χ3n) is 8.33. The van der Waals surface area contributed by atoms with E-state index in [0.29, 0.717) is 5.89 Å². The first kappa shape index (κ1) is 25.0. The lowest BCUT2D eigenvalue weighted by atomic mass is 9.73. The number of ether oxygens (including phenoxy) is 1. The predicted molar refractivity (Wildman–Crippen MR) is 141 cm³/mol. The van der Waals surface area contributed by atoms with E-state index in [-0.39, 0.29) is 5.92 Å². The smallest absolute Gasteiger partial charge is 0.231 e. The largest absolute Gasteiger partial charge is 0.493 e. The van der Waals surface area contributed by atoms with Crippen molar-refractivity contribution < 1.29 is 18.7 Å². The molecule has 1 aliphatic heterocycles. The molecule has 1 saturated heterocycles. The van der Waals surface area contributed by atoms with E-state index in [1.165, 1.54) is 25.7 Å². The van der Waals surface area contributed by atoms with Gasteiger partial charge in [0.15, 0.2) is 11.4 Å². The molecule has 0 spiro atoms. The number of aliphatic hydroxyl groups is 1. The second kappa shape index (κ2) is 11.6. The molecule has 192 valence electrons. The monoisotopic (exact) mass is 489 g/mol. The Morgan fingerprint density at radius 2 is 1.56 bits per heavy atom. The van der Waals surface area contributed by atoms with Crippen LogP contribution in [0.5, 0.6) is 5.75 Å². The van der Waals surface area contributed by atoms with E-state index >= 15 is 0 Å². The quantitative estimate of drug-likeness (QED) is 0.262. The Kier molecular flexibility index (Phi) is 8.08. The van der Waals surface area contributed by atoms with Gasteiger partial charge < -0.3 is 18.7 Å². The van der Waals surface area contributed by atoms with Gasteiger partial charge in [0.25, 0.3) is 0 Å². The fraction of sp³-hybridized carbons (Fsp3) is 0.516. The van der Waals surface area contributed by atoms with Gasteiger partial charge in [0.1, 0.15) is 12.3 Å². The zero-order valence-corrected chi connectivity index (χ0v) is 21.5. The van der Waals surface area contributed by atoms with Crippen molar-refractivity contribution in [2.75, 3.05) is 26.2 Å². The van der Waals surface area contributed by atoms with Crippen LogP contribution < -0.4 is 4.74 Å². The molecule has 5 nitrogen and oxygen atoms in total. The van der Waals surface area contributed by atoms with Crippen LogP contribution in [0.1, 0.15) is 75.0 Å². The highest BCUT2D eigenvalue weighted by atomic mass is 16.5. The maximum Gasteiger partial charge on any atom is 0.231 e. The average Bonchev–Trinajstić information content (AvgIpc) is 3.41. The molecule has 0 amide bonds. The Morgan fingerprint density at radius 3 is 2.28 bits per heavy atom. The van der Waals surface area contributed by atoms with Crippen LogP contribution in [0.25, 0.3) is 0 Å². The molecule has 1 atom stereocenters. The van der Waals surface area contributed by atoms with Gasteiger partial charge in [-0.3, -0.25) is 0 Å². The van der Waals surface area contributed by atoms with Crippen LogP contribution >= 0.6 is 0 Å². The highest BCUT2D eigenvalue weighted by molar-refractivity contribution is 5.30. The maximum absolute atomic E-state index is 12.2. The first-order chi connectivity index (χ1) is 17.7. The molecule has 2 heterocycles. The Balaban J connectivity index is 1.31. The second-order valence-electron chi connectivity index (χ2n) is 10.8. The molecule has 1 saturated carbocycles. The molecule has 1 aliphatic carbocycles. The third kappa shape index (κ3) is 5.68. The number of benzene rings is 2. The van der Waals surface area contributed by atoms with E-state index in [4.69, 9.17) is 14.1 Å². The van der Waals surface area contributed by atoms with Gasteiger partial charge >= 0.3 is 0 Å². The number of rotatable bonds is 10. The van der Waals surface area contributed by atoms with Crippen LogP contribution in [0, 0.1) is 5.92 Å². The molecular weight excluding hydrogens is 448 g/mol. The van der Waals surface area contributed by atoms with E-state index < -0.39 is 5.60 Å². The fourth-order valence-corrected chi connectivity index (χ4v) is 6.38. The van der Waals surface area contributed by atoms with Gasteiger partial charge in [-0.25, -0.2) is 4.98 Å². The van der Waals surface area contributed by atoms with Crippen molar-refractivity contribution in [1.82, 2.24) is 4.98 Å². The zero-order valence-electron chi connectivity index (χ0n) is 21.5. The molecule has 2 aliphatic rings. The summed E-state index contributed by atoms with van der Waals surface area (Å²) >= 11 is 0. The summed E-state index contributed by atoms with van der Waals surface area (Å²) in [4.78, 5) is 4.72. The summed E-state index contributed by atoms with van der Waals surface area (Å²) in [5, 5.41) is 12.2. The summed E-state index contributed by atoms with van der Waals surface area (Å²) < 4.78 is 13.4. The summed E-state index contributed by atoms with van der Waals surface area (Å²) in [7, 11) is 0. The van der Waals surface area contributed by atoms with Crippen LogP contribution in [-0.2, 0) is 12.1 Å². The number of para-hydroxylation sites is 1. The minimum atomic E-state index is -1.17. The molecule has 2 fully saturated rings. The molecule has 2 aromatic carbocycles. The van der Waals surface area contributed by atoms with Crippen LogP contribution in [0.2, 0.25) is 0 Å². The van der Waals surface area contributed by atoms with Crippen LogP contribution in [0.4, 0.5) is 0 Å². The molecule has 5 heteroatoms. The van der Waals surface area contributed by atoms with Crippen LogP contribution in [0.3, 0.4) is 0 Å². The number of hydrogen-bond acceptors (Lipinski definition) is 4. The van der Waals surface area contributed by atoms with Crippen molar-refractivity contribution in [2.45, 2.75) is 69.9 Å². The van der Waals surface area contributed by atoms with Crippen molar-refractivity contribution in [1.29, 1.82) is 0 Å². The average molecular weight is 490 g/mol. The summed E-state index contributed by atoms with van der Waals surface area (Å²) in [6.07, 6.45) is 12.2. The molecule has 3 aromatic rings. The lowest BCUT2D eigenvalue weighted by Crippen LogP contribution is -2.51. The van der Waals surface area contributed by atoms with Crippen molar-refractivity contribution in [3.63, 3.8) is 0 Å². The highest BCUT2D eigenvalue weighted by Crippen LogP contribution is 2.43. The zero-order chi connectivity index (χ0) is 24.7. The van der Waals surface area contributed by atoms with Crippen molar-refractivity contribution in [2.24, 2.45) is 5.92 Å². The van der Waals surface area contributed by atoms with Crippen molar-refractivity contribution >= 4 is 0 Å². The van der Waals surface area contributed by atoms with Crippen LogP contribution in [-0.4, -0.2) is 40.8 Å². The van der Waals surface area contributed by atoms with Crippen molar-refractivity contribution in [3.05, 3.63) is 84.1 Å². The summed E-state index contributed by atoms with van der Waals surface area (Å²) in [6, 6.07) is 20.1. The lowest BCUT2D eigenvalue weighted by Gasteiger charge is -2.41. The minimum Gasteiger partial charge on any atom is -0.493 e. The van der Waals surface area contributed by atoms with Gasteiger partial charge in [-0.1, -0.05) is 67.8 Å². The van der Waals surface area contributed by atoms with Crippen LogP contribution in [0.15, 0.2) is 71.3 Å². The van der Waals surface area contributed by atoms with Gasteiger partial charge in [-0.15, -0.1) is 0 Å². The van der Waals surface area contributed by atoms with Crippen molar-refractivity contribution in [3.8, 4) is 5.75 Å². The van der Waals surface area contributed by atoms with E-state index in [1.54, 1.807) is 0 Å². The number of quaternary nitrogens is 1. The molecule has 1 aromatic heterocycles. The third-order valence-corrected chi connectivity index (χ3v) is 8.33. The summed E-state index contributed by atoms with van der Waals surface area (Å²) in [5.41, 5.74) is -0.277. The maximum atomic E-state index is 12.2. The van der Waals surface area contributed by atoms with E-state index in [0.717, 1.165) is 86.4 Å². The van der Waals surface area contributed by atoms with Gasteiger partial charge in [-0.2, -0.15) is 0 Å². The molecule has 5 rings (SSSR count). The van der Waals surface area contributed by atoms with Gasteiger partial charge in [0, 0.05) is 12.3 Å². The fourth-order valence-electron chi connectivity index (χ4n) is 6.38. The SMILES string of the molecule is O[C@@](c1ccccc1)(c1ncc(C[N+]2(CCCOc3ccccc3)CCCCC2)o1)C1CCCCC1. The molecule has 0 radical (unpaired) electrons. The predicted octanol–water partition coefficient (Wildman–Crippen LogP) is 6.46. The molecule has 0 unspecified atom stereocenters. The van der Waals surface area contributed by atoms with E-state index in [9.17, 15) is 5.11 Å².